The predicted octanol–water partition coefficient (Wildman–Crippen LogP) is 3.51. The lowest BCUT2D eigenvalue weighted by Crippen LogP contribution is -2.38. The van der Waals surface area contributed by atoms with Crippen LogP contribution in [0.4, 0.5) is 0 Å². The van der Waals surface area contributed by atoms with Crippen molar-refractivity contribution in [3.8, 4) is 5.75 Å². The molecule has 1 saturated heterocycles. The largest absolute Gasteiger partial charge is 0.497 e. The van der Waals surface area contributed by atoms with Gasteiger partial charge in [-0.3, -0.25) is 0 Å². The Labute approximate surface area is 116 Å². The van der Waals surface area contributed by atoms with Gasteiger partial charge in [-0.2, -0.15) is 0 Å². The van der Waals surface area contributed by atoms with E-state index in [0.29, 0.717) is 5.41 Å². The Bertz CT molecular complexity index is 431. The van der Waals surface area contributed by atoms with Gasteiger partial charge in [-0.05, 0) is 67.8 Å². The van der Waals surface area contributed by atoms with Crippen molar-refractivity contribution < 1.29 is 4.74 Å². The molecule has 2 heteroatoms. The van der Waals surface area contributed by atoms with E-state index in [1.165, 1.54) is 50.6 Å². The zero-order valence-corrected chi connectivity index (χ0v) is 12.0. The van der Waals surface area contributed by atoms with Crippen LogP contribution in [0.2, 0.25) is 0 Å². The molecule has 104 valence electrons. The van der Waals surface area contributed by atoms with Gasteiger partial charge in [0.05, 0.1) is 7.11 Å². The second kappa shape index (κ2) is 5.54. The van der Waals surface area contributed by atoms with Crippen LogP contribution in [0.25, 0.3) is 0 Å². The SMILES string of the molecule is COc1cccc(C23CCCCC2CCNCC3)c1. The first-order valence-electron chi connectivity index (χ1n) is 7.70. The third-order valence-electron chi connectivity index (χ3n) is 5.27. The van der Waals surface area contributed by atoms with Crippen LogP contribution in [0, 0.1) is 5.92 Å². The van der Waals surface area contributed by atoms with E-state index in [2.05, 4.69) is 29.6 Å². The van der Waals surface area contributed by atoms with Gasteiger partial charge in [0, 0.05) is 0 Å². The first-order chi connectivity index (χ1) is 9.35. The number of nitrogens with one attached hydrogen (secondary N) is 1. The van der Waals surface area contributed by atoms with Gasteiger partial charge >= 0.3 is 0 Å². The molecule has 0 aromatic heterocycles. The molecule has 0 radical (unpaired) electrons. The van der Waals surface area contributed by atoms with Crippen LogP contribution >= 0.6 is 0 Å². The fourth-order valence-corrected chi connectivity index (χ4v) is 4.23. The molecular formula is C17H25NO. The molecule has 1 saturated carbocycles. The predicted molar refractivity (Wildman–Crippen MR) is 78.7 cm³/mol. The van der Waals surface area contributed by atoms with Gasteiger partial charge < -0.3 is 10.1 Å². The standard InChI is InChI=1S/C17H25NO/c1-19-16-7-4-6-15(13-16)17-9-3-2-5-14(17)8-11-18-12-10-17/h4,6-7,13-14,18H,2-3,5,8-12H2,1H3. The van der Waals surface area contributed by atoms with Crippen LogP contribution in [-0.2, 0) is 5.41 Å². The highest BCUT2D eigenvalue weighted by molar-refractivity contribution is 5.35. The lowest BCUT2D eigenvalue weighted by atomic mass is 9.60. The summed E-state index contributed by atoms with van der Waals surface area (Å²) in [5, 5.41) is 3.60. The summed E-state index contributed by atoms with van der Waals surface area (Å²) in [4.78, 5) is 0. The second-order valence-electron chi connectivity index (χ2n) is 6.12. The van der Waals surface area contributed by atoms with Gasteiger partial charge in [0.2, 0.25) is 0 Å². The van der Waals surface area contributed by atoms with Crippen LogP contribution in [0.15, 0.2) is 24.3 Å². The Kier molecular flexibility index (Phi) is 3.79. The first kappa shape index (κ1) is 13.0. The van der Waals surface area contributed by atoms with Crippen molar-refractivity contribution in [2.75, 3.05) is 20.2 Å². The minimum atomic E-state index is 0.399. The average molecular weight is 259 g/mol. The van der Waals surface area contributed by atoms with Gasteiger partial charge in [-0.25, -0.2) is 0 Å². The van der Waals surface area contributed by atoms with E-state index in [1.54, 1.807) is 7.11 Å². The second-order valence-corrected chi connectivity index (χ2v) is 6.12. The molecule has 1 N–H and O–H groups in total. The molecule has 0 bridgehead atoms. The average Bonchev–Trinajstić information content (AvgIpc) is 2.70. The van der Waals surface area contributed by atoms with E-state index >= 15 is 0 Å². The minimum absolute atomic E-state index is 0.399. The maximum Gasteiger partial charge on any atom is 0.119 e. The van der Waals surface area contributed by atoms with E-state index in [0.717, 1.165) is 18.2 Å². The summed E-state index contributed by atoms with van der Waals surface area (Å²) in [5.41, 5.74) is 1.91. The fourth-order valence-electron chi connectivity index (χ4n) is 4.23. The molecule has 1 aliphatic carbocycles. The molecule has 1 heterocycles. The van der Waals surface area contributed by atoms with Crippen molar-refractivity contribution in [3.63, 3.8) is 0 Å². The summed E-state index contributed by atoms with van der Waals surface area (Å²) in [6.45, 7) is 2.35. The van der Waals surface area contributed by atoms with Crippen LogP contribution in [0.5, 0.6) is 5.75 Å². The first-order valence-corrected chi connectivity index (χ1v) is 7.70. The van der Waals surface area contributed by atoms with Gasteiger partial charge in [-0.1, -0.05) is 25.0 Å². The van der Waals surface area contributed by atoms with E-state index in [4.69, 9.17) is 4.74 Å². The van der Waals surface area contributed by atoms with Gasteiger partial charge in [-0.15, -0.1) is 0 Å². The summed E-state index contributed by atoms with van der Waals surface area (Å²) < 4.78 is 5.44. The Balaban J connectivity index is 1.99. The van der Waals surface area contributed by atoms with Crippen LogP contribution in [0.1, 0.15) is 44.1 Å². The highest BCUT2D eigenvalue weighted by atomic mass is 16.5. The Morgan fingerprint density at radius 3 is 3.00 bits per heavy atom. The number of rotatable bonds is 2. The van der Waals surface area contributed by atoms with Gasteiger partial charge in [0.15, 0.2) is 0 Å². The molecule has 2 atom stereocenters. The molecule has 0 amide bonds. The highest BCUT2D eigenvalue weighted by Crippen LogP contribution is 2.48. The lowest BCUT2D eigenvalue weighted by molar-refractivity contribution is 0.176. The highest BCUT2D eigenvalue weighted by Gasteiger charge is 2.42. The maximum atomic E-state index is 5.44. The van der Waals surface area contributed by atoms with E-state index in [1.807, 2.05) is 0 Å². The van der Waals surface area contributed by atoms with Crippen molar-refractivity contribution in [3.05, 3.63) is 29.8 Å². The third-order valence-corrected chi connectivity index (χ3v) is 5.27. The number of hydrogen-bond donors (Lipinski definition) is 1. The molecule has 2 aliphatic rings. The van der Waals surface area contributed by atoms with E-state index in [-0.39, 0.29) is 0 Å². The Morgan fingerprint density at radius 2 is 2.11 bits per heavy atom. The van der Waals surface area contributed by atoms with Crippen LogP contribution < -0.4 is 10.1 Å². The monoisotopic (exact) mass is 259 g/mol. The summed E-state index contributed by atoms with van der Waals surface area (Å²) >= 11 is 0. The molecule has 2 nitrogen and oxygen atoms in total. The Hall–Kier alpha value is -1.02. The lowest BCUT2D eigenvalue weighted by Gasteiger charge is -2.44. The molecule has 1 aromatic rings. The minimum Gasteiger partial charge on any atom is -0.497 e. The molecule has 2 fully saturated rings. The zero-order valence-electron chi connectivity index (χ0n) is 12.0. The molecular weight excluding hydrogens is 234 g/mol. The van der Waals surface area contributed by atoms with Crippen molar-refractivity contribution in [1.29, 1.82) is 0 Å². The van der Waals surface area contributed by atoms with Crippen LogP contribution in [-0.4, -0.2) is 20.2 Å². The zero-order chi connectivity index (χ0) is 13.1. The van der Waals surface area contributed by atoms with E-state index < -0.39 is 0 Å². The van der Waals surface area contributed by atoms with Gasteiger partial charge in [0.1, 0.15) is 5.75 Å². The number of benzene rings is 1. The number of methoxy groups -OCH3 is 1. The van der Waals surface area contributed by atoms with Crippen molar-refractivity contribution in [1.82, 2.24) is 5.32 Å². The molecule has 1 aliphatic heterocycles. The molecule has 2 unspecified atom stereocenters. The molecule has 3 rings (SSSR count). The third kappa shape index (κ3) is 2.38. The summed E-state index contributed by atoms with van der Waals surface area (Å²) in [5.74, 6) is 1.86. The summed E-state index contributed by atoms with van der Waals surface area (Å²) in [6.07, 6.45) is 8.16. The van der Waals surface area contributed by atoms with Crippen molar-refractivity contribution >= 4 is 0 Å². The van der Waals surface area contributed by atoms with E-state index in [9.17, 15) is 0 Å². The summed E-state index contributed by atoms with van der Waals surface area (Å²) in [6, 6.07) is 8.83. The normalized spacial score (nSPS) is 31.3. The van der Waals surface area contributed by atoms with Gasteiger partial charge in [0.25, 0.3) is 0 Å². The fraction of sp³-hybridized carbons (Fsp3) is 0.647. The van der Waals surface area contributed by atoms with Crippen molar-refractivity contribution in [2.24, 2.45) is 5.92 Å². The smallest absolute Gasteiger partial charge is 0.119 e. The quantitative estimate of drug-likeness (QED) is 0.877. The molecule has 19 heavy (non-hydrogen) atoms. The Morgan fingerprint density at radius 1 is 1.16 bits per heavy atom. The number of fused-ring (bicyclic) bond motifs is 1. The van der Waals surface area contributed by atoms with Crippen molar-refractivity contribution in [2.45, 2.75) is 43.9 Å². The molecule has 0 spiro atoms. The number of hydrogen-bond acceptors (Lipinski definition) is 2. The number of ether oxygens (including phenoxy) is 1. The topological polar surface area (TPSA) is 21.3 Å². The molecule has 1 aromatic carbocycles. The van der Waals surface area contributed by atoms with Crippen LogP contribution in [0.3, 0.4) is 0 Å². The maximum absolute atomic E-state index is 5.44. The summed E-state index contributed by atoms with van der Waals surface area (Å²) in [7, 11) is 1.77.